The van der Waals surface area contributed by atoms with E-state index in [-0.39, 0.29) is 5.91 Å². The highest BCUT2D eigenvalue weighted by atomic mass is 16.1. The molecule has 0 spiro atoms. The first-order valence-corrected chi connectivity index (χ1v) is 7.02. The molecule has 0 fully saturated rings. The van der Waals surface area contributed by atoms with Gasteiger partial charge in [-0.05, 0) is 24.0 Å². The van der Waals surface area contributed by atoms with Crippen molar-refractivity contribution in [3.8, 4) is 0 Å². The SMILES string of the molecule is Cc1ccc(CC(=O)NC[C@@H](C)c2ccccc2)cc1. The van der Waals surface area contributed by atoms with E-state index in [1.807, 2.05) is 49.4 Å². The number of amides is 1. The lowest BCUT2D eigenvalue weighted by molar-refractivity contribution is -0.120. The molecular formula is C18H21NO. The molecular weight excluding hydrogens is 246 g/mol. The molecule has 20 heavy (non-hydrogen) atoms. The molecule has 0 aliphatic carbocycles. The van der Waals surface area contributed by atoms with Gasteiger partial charge in [-0.1, -0.05) is 67.1 Å². The topological polar surface area (TPSA) is 29.1 Å². The summed E-state index contributed by atoms with van der Waals surface area (Å²) in [5, 5.41) is 3.01. The third-order valence-corrected chi connectivity index (χ3v) is 3.46. The van der Waals surface area contributed by atoms with Crippen molar-refractivity contribution in [3.05, 3.63) is 71.3 Å². The van der Waals surface area contributed by atoms with Gasteiger partial charge in [-0.25, -0.2) is 0 Å². The summed E-state index contributed by atoms with van der Waals surface area (Å²) in [6.45, 7) is 4.85. The first-order chi connectivity index (χ1) is 9.65. The van der Waals surface area contributed by atoms with Gasteiger partial charge in [-0.2, -0.15) is 0 Å². The van der Waals surface area contributed by atoms with E-state index in [1.54, 1.807) is 0 Å². The number of hydrogen-bond donors (Lipinski definition) is 1. The van der Waals surface area contributed by atoms with Crippen molar-refractivity contribution in [2.75, 3.05) is 6.54 Å². The van der Waals surface area contributed by atoms with Crippen LogP contribution in [-0.2, 0) is 11.2 Å². The molecule has 0 radical (unpaired) electrons. The standard InChI is InChI=1S/C18H21NO/c1-14-8-10-16(11-9-14)12-18(20)19-13-15(2)17-6-4-3-5-7-17/h3-11,15H,12-13H2,1-2H3,(H,19,20)/t15-/m1/s1. The molecule has 2 aromatic rings. The monoisotopic (exact) mass is 267 g/mol. The number of rotatable bonds is 5. The predicted molar refractivity (Wildman–Crippen MR) is 82.7 cm³/mol. The van der Waals surface area contributed by atoms with Crippen molar-refractivity contribution in [1.29, 1.82) is 0 Å². The number of aryl methyl sites for hydroxylation is 1. The van der Waals surface area contributed by atoms with Crippen LogP contribution in [-0.4, -0.2) is 12.5 Å². The molecule has 0 saturated carbocycles. The van der Waals surface area contributed by atoms with Gasteiger partial charge >= 0.3 is 0 Å². The summed E-state index contributed by atoms with van der Waals surface area (Å²) in [5.41, 5.74) is 3.52. The Hall–Kier alpha value is -2.09. The Morgan fingerprint density at radius 3 is 2.35 bits per heavy atom. The molecule has 0 aliphatic rings. The zero-order chi connectivity index (χ0) is 14.4. The maximum absolute atomic E-state index is 11.9. The molecule has 2 aromatic carbocycles. The minimum absolute atomic E-state index is 0.0802. The Morgan fingerprint density at radius 1 is 1.05 bits per heavy atom. The third-order valence-electron chi connectivity index (χ3n) is 3.46. The highest BCUT2D eigenvalue weighted by Gasteiger charge is 2.08. The van der Waals surface area contributed by atoms with Crippen LogP contribution in [0.1, 0.15) is 29.5 Å². The van der Waals surface area contributed by atoms with Gasteiger partial charge in [0.25, 0.3) is 0 Å². The maximum atomic E-state index is 11.9. The largest absolute Gasteiger partial charge is 0.355 e. The molecule has 0 aromatic heterocycles. The van der Waals surface area contributed by atoms with Crippen LogP contribution in [0.2, 0.25) is 0 Å². The van der Waals surface area contributed by atoms with Crippen molar-refractivity contribution in [2.45, 2.75) is 26.2 Å². The van der Waals surface area contributed by atoms with Crippen LogP contribution in [0.25, 0.3) is 0 Å². The lowest BCUT2D eigenvalue weighted by Crippen LogP contribution is -2.28. The van der Waals surface area contributed by atoms with E-state index < -0.39 is 0 Å². The maximum Gasteiger partial charge on any atom is 0.224 e. The van der Waals surface area contributed by atoms with Gasteiger partial charge in [0.1, 0.15) is 0 Å². The van der Waals surface area contributed by atoms with Crippen molar-refractivity contribution in [3.63, 3.8) is 0 Å². The summed E-state index contributed by atoms with van der Waals surface area (Å²) in [6, 6.07) is 18.3. The second-order valence-electron chi connectivity index (χ2n) is 5.28. The van der Waals surface area contributed by atoms with Crippen LogP contribution in [0.4, 0.5) is 0 Å². The third kappa shape index (κ3) is 4.23. The minimum Gasteiger partial charge on any atom is -0.355 e. The summed E-state index contributed by atoms with van der Waals surface area (Å²) in [4.78, 5) is 11.9. The van der Waals surface area contributed by atoms with E-state index in [9.17, 15) is 4.79 Å². The van der Waals surface area contributed by atoms with Crippen LogP contribution in [0.5, 0.6) is 0 Å². The minimum atomic E-state index is 0.0802. The molecule has 1 atom stereocenters. The zero-order valence-corrected chi connectivity index (χ0v) is 12.1. The molecule has 1 amide bonds. The summed E-state index contributed by atoms with van der Waals surface area (Å²) >= 11 is 0. The number of carbonyl (C=O) groups is 1. The number of hydrogen-bond acceptors (Lipinski definition) is 1. The normalized spacial score (nSPS) is 11.9. The quantitative estimate of drug-likeness (QED) is 0.883. The highest BCUT2D eigenvalue weighted by molar-refractivity contribution is 5.78. The highest BCUT2D eigenvalue weighted by Crippen LogP contribution is 2.13. The Morgan fingerprint density at radius 2 is 1.70 bits per heavy atom. The van der Waals surface area contributed by atoms with Crippen LogP contribution in [0.3, 0.4) is 0 Å². The first kappa shape index (κ1) is 14.3. The van der Waals surface area contributed by atoms with Crippen LogP contribution < -0.4 is 5.32 Å². The molecule has 0 aliphatic heterocycles. The van der Waals surface area contributed by atoms with Crippen LogP contribution in [0, 0.1) is 6.92 Å². The van der Waals surface area contributed by atoms with Crippen molar-refractivity contribution in [1.82, 2.24) is 5.32 Å². The van der Waals surface area contributed by atoms with Crippen molar-refractivity contribution in [2.24, 2.45) is 0 Å². The van der Waals surface area contributed by atoms with Gasteiger partial charge in [-0.15, -0.1) is 0 Å². The molecule has 2 rings (SSSR count). The van der Waals surface area contributed by atoms with E-state index >= 15 is 0 Å². The lowest BCUT2D eigenvalue weighted by atomic mass is 10.0. The summed E-state index contributed by atoms with van der Waals surface area (Å²) in [7, 11) is 0. The van der Waals surface area contributed by atoms with Gasteiger partial charge in [0, 0.05) is 6.54 Å². The average molecular weight is 267 g/mol. The Bertz CT molecular complexity index is 545. The van der Waals surface area contributed by atoms with Gasteiger partial charge in [0.15, 0.2) is 0 Å². The van der Waals surface area contributed by atoms with Gasteiger partial charge in [0.2, 0.25) is 5.91 Å². The molecule has 104 valence electrons. The molecule has 0 heterocycles. The van der Waals surface area contributed by atoms with E-state index in [0.717, 1.165) is 5.56 Å². The van der Waals surface area contributed by atoms with E-state index in [0.29, 0.717) is 18.9 Å². The molecule has 2 nitrogen and oxygen atoms in total. The second-order valence-corrected chi connectivity index (χ2v) is 5.28. The van der Waals surface area contributed by atoms with Crippen molar-refractivity contribution < 1.29 is 4.79 Å². The molecule has 0 saturated heterocycles. The molecule has 1 N–H and O–H groups in total. The number of carbonyl (C=O) groups excluding carboxylic acids is 1. The van der Waals surface area contributed by atoms with Crippen LogP contribution in [0.15, 0.2) is 54.6 Å². The summed E-state index contributed by atoms with van der Waals surface area (Å²) in [6.07, 6.45) is 0.446. The Kier molecular flexibility index (Phi) is 4.94. The van der Waals surface area contributed by atoms with E-state index in [2.05, 4.69) is 24.4 Å². The first-order valence-electron chi connectivity index (χ1n) is 7.02. The van der Waals surface area contributed by atoms with E-state index in [4.69, 9.17) is 0 Å². The lowest BCUT2D eigenvalue weighted by Gasteiger charge is -2.13. The fourth-order valence-electron chi connectivity index (χ4n) is 2.12. The molecule has 2 heteroatoms. The fourth-order valence-corrected chi connectivity index (χ4v) is 2.12. The number of benzene rings is 2. The second kappa shape index (κ2) is 6.90. The Balaban J connectivity index is 1.82. The molecule has 0 bridgehead atoms. The number of nitrogens with one attached hydrogen (secondary N) is 1. The zero-order valence-electron chi connectivity index (χ0n) is 12.1. The van der Waals surface area contributed by atoms with Crippen molar-refractivity contribution >= 4 is 5.91 Å². The average Bonchev–Trinajstić information content (AvgIpc) is 2.48. The van der Waals surface area contributed by atoms with Gasteiger partial charge < -0.3 is 5.32 Å². The van der Waals surface area contributed by atoms with E-state index in [1.165, 1.54) is 11.1 Å². The fraction of sp³-hybridized carbons (Fsp3) is 0.278. The summed E-state index contributed by atoms with van der Waals surface area (Å²) < 4.78 is 0. The Labute approximate surface area is 120 Å². The smallest absolute Gasteiger partial charge is 0.224 e. The van der Waals surface area contributed by atoms with Gasteiger partial charge in [0.05, 0.1) is 6.42 Å². The predicted octanol–water partition coefficient (Wildman–Crippen LogP) is 3.46. The van der Waals surface area contributed by atoms with Gasteiger partial charge in [-0.3, -0.25) is 4.79 Å². The molecule has 0 unspecified atom stereocenters. The van der Waals surface area contributed by atoms with Crippen LogP contribution >= 0.6 is 0 Å². The summed E-state index contributed by atoms with van der Waals surface area (Å²) in [5.74, 6) is 0.412.